The van der Waals surface area contributed by atoms with Crippen molar-refractivity contribution in [1.29, 1.82) is 0 Å². The molecule has 18 heavy (non-hydrogen) atoms. The van der Waals surface area contributed by atoms with Gasteiger partial charge >= 0.3 is 0 Å². The summed E-state index contributed by atoms with van der Waals surface area (Å²) in [6.07, 6.45) is 1.64. The number of rotatable bonds is 1. The Bertz CT molecular complexity index is 851. The van der Waals surface area contributed by atoms with E-state index >= 15 is 0 Å². The maximum Gasteiger partial charge on any atom is 0.166 e. The highest BCUT2D eigenvalue weighted by Gasteiger charge is 2.12. The highest BCUT2D eigenvalue weighted by atomic mass is 32.1. The van der Waals surface area contributed by atoms with Gasteiger partial charge in [-0.1, -0.05) is 0 Å². The number of hydrogen-bond donors (Lipinski definition) is 0. The van der Waals surface area contributed by atoms with Crippen molar-refractivity contribution in [3.05, 3.63) is 23.3 Å². The summed E-state index contributed by atoms with van der Waals surface area (Å²) < 4.78 is 0.967. The van der Waals surface area contributed by atoms with Crippen LogP contribution in [0.4, 0.5) is 0 Å². The number of hydrogen-bond acceptors (Lipinski definition) is 8. The molecule has 0 saturated heterocycles. The summed E-state index contributed by atoms with van der Waals surface area (Å²) in [4.78, 5) is 9.26. The van der Waals surface area contributed by atoms with Crippen molar-refractivity contribution in [2.75, 3.05) is 0 Å². The lowest BCUT2D eigenvalue weighted by Gasteiger charge is -1.98. The fourth-order valence-corrected chi connectivity index (χ4v) is 3.02. The van der Waals surface area contributed by atoms with Gasteiger partial charge in [-0.05, 0) is 6.07 Å². The van der Waals surface area contributed by atoms with Crippen LogP contribution in [0.5, 0.6) is 0 Å². The molecule has 0 N–H and O–H groups in total. The largest absolute Gasteiger partial charge is 0.243 e. The zero-order valence-corrected chi connectivity index (χ0v) is 10.4. The molecule has 4 aromatic heterocycles. The van der Waals surface area contributed by atoms with Crippen molar-refractivity contribution in [2.24, 2.45) is 0 Å². The van der Waals surface area contributed by atoms with Crippen LogP contribution in [0.25, 0.3) is 32.0 Å². The Hall–Kier alpha value is -2.06. The van der Waals surface area contributed by atoms with Crippen LogP contribution in [0.1, 0.15) is 0 Å². The van der Waals surface area contributed by atoms with E-state index in [0.717, 1.165) is 20.6 Å². The monoisotopic (exact) mass is 272 g/mol. The molecule has 8 heteroatoms. The lowest BCUT2D eigenvalue weighted by molar-refractivity contribution is 1.02. The topological polar surface area (TPSA) is 77.3 Å². The predicted octanol–water partition coefficient (Wildman–Crippen LogP) is 2.15. The summed E-state index contributed by atoms with van der Waals surface area (Å²) >= 11 is 2.98. The van der Waals surface area contributed by atoms with Crippen molar-refractivity contribution in [2.45, 2.75) is 0 Å². The van der Waals surface area contributed by atoms with E-state index in [4.69, 9.17) is 0 Å². The maximum atomic E-state index is 4.23. The van der Waals surface area contributed by atoms with Gasteiger partial charge in [-0.25, -0.2) is 9.97 Å². The first-order valence-corrected chi connectivity index (χ1v) is 6.80. The molecule has 0 aliphatic carbocycles. The molecule has 0 aliphatic heterocycles. The molecule has 4 aromatic rings. The number of thiazole rings is 2. The zero-order chi connectivity index (χ0) is 11.9. The van der Waals surface area contributed by atoms with Gasteiger partial charge in [-0.3, -0.25) is 0 Å². The lowest BCUT2D eigenvalue weighted by atomic mass is 10.2. The third-order valence-corrected chi connectivity index (χ3v) is 4.06. The predicted molar refractivity (Wildman–Crippen MR) is 69.4 cm³/mol. The van der Waals surface area contributed by atoms with Crippen molar-refractivity contribution in [3.63, 3.8) is 0 Å². The normalized spacial score (nSPS) is 11.3. The summed E-state index contributed by atoms with van der Waals surface area (Å²) in [6, 6.07) is 1.88. The van der Waals surface area contributed by atoms with E-state index in [9.17, 15) is 0 Å². The Kier molecular flexibility index (Phi) is 2.05. The van der Waals surface area contributed by atoms with Gasteiger partial charge in [-0.15, -0.1) is 38.0 Å². The minimum Gasteiger partial charge on any atom is -0.243 e. The van der Waals surface area contributed by atoms with E-state index in [1.165, 1.54) is 22.7 Å². The van der Waals surface area contributed by atoms with Crippen LogP contribution in [0.3, 0.4) is 0 Å². The molecule has 0 atom stereocenters. The summed E-state index contributed by atoms with van der Waals surface area (Å²) in [7, 11) is 0. The molecule has 0 spiro atoms. The van der Waals surface area contributed by atoms with Gasteiger partial charge in [0.15, 0.2) is 4.83 Å². The Morgan fingerprint density at radius 1 is 0.889 bits per heavy atom. The molecule has 0 radical (unpaired) electrons. The highest BCUT2D eigenvalue weighted by molar-refractivity contribution is 7.17. The quantitative estimate of drug-likeness (QED) is 0.528. The highest BCUT2D eigenvalue weighted by Crippen LogP contribution is 2.28. The molecular weight excluding hydrogens is 268 g/mol. The molecule has 4 heterocycles. The van der Waals surface area contributed by atoms with Crippen LogP contribution in [0, 0.1) is 0 Å². The molecule has 4 rings (SSSR count). The van der Waals surface area contributed by atoms with E-state index in [-0.39, 0.29) is 0 Å². The van der Waals surface area contributed by atoms with E-state index in [1.54, 1.807) is 17.2 Å². The van der Waals surface area contributed by atoms with Gasteiger partial charge < -0.3 is 0 Å². The van der Waals surface area contributed by atoms with Crippen LogP contribution in [0.15, 0.2) is 23.3 Å². The Labute approximate surface area is 108 Å². The van der Waals surface area contributed by atoms with Gasteiger partial charge in [0.1, 0.15) is 22.4 Å². The van der Waals surface area contributed by atoms with Crippen LogP contribution >= 0.6 is 22.7 Å². The van der Waals surface area contributed by atoms with Gasteiger partial charge in [0.25, 0.3) is 0 Å². The van der Waals surface area contributed by atoms with Crippen molar-refractivity contribution >= 4 is 43.2 Å². The molecule has 6 nitrogen and oxygen atoms in total. The van der Waals surface area contributed by atoms with E-state index in [1.807, 2.05) is 6.07 Å². The first-order chi connectivity index (χ1) is 8.92. The number of fused-ring (bicyclic) bond motifs is 2. The Balaban J connectivity index is 2.03. The summed E-state index contributed by atoms with van der Waals surface area (Å²) in [5, 5.41) is 16.4. The number of nitrogens with zero attached hydrogens (tertiary/aromatic N) is 6. The fraction of sp³-hybridized carbons (Fsp3) is 0. The first-order valence-electron chi connectivity index (χ1n) is 5.04. The summed E-state index contributed by atoms with van der Waals surface area (Å²) in [5.41, 5.74) is 6.56. The maximum absolute atomic E-state index is 4.23. The van der Waals surface area contributed by atoms with Gasteiger partial charge in [-0.2, -0.15) is 5.10 Å². The number of aromatic nitrogens is 6. The molecule has 86 valence electrons. The Morgan fingerprint density at radius 3 is 2.78 bits per heavy atom. The first kappa shape index (κ1) is 9.92. The second-order valence-corrected chi connectivity index (χ2v) is 5.22. The second-order valence-electron chi connectivity index (χ2n) is 3.53. The van der Waals surface area contributed by atoms with Crippen LogP contribution in [-0.4, -0.2) is 30.4 Å². The van der Waals surface area contributed by atoms with Gasteiger partial charge in [0.05, 0.1) is 21.9 Å². The molecule has 0 fully saturated rings. The van der Waals surface area contributed by atoms with E-state index in [0.29, 0.717) is 11.4 Å². The van der Waals surface area contributed by atoms with Crippen molar-refractivity contribution < 1.29 is 0 Å². The second kappa shape index (κ2) is 3.72. The van der Waals surface area contributed by atoms with Gasteiger partial charge in [0, 0.05) is 0 Å². The van der Waals surface area contributed by atoms with Crippen LogP contribution < -0.4 is 0 Å². The minimum absolute atomic E-state index is 0.677. The lowest BCUT2D eigenvalue weighted by Crippen LogP contribution is -1.92. The van der Waals surface area contributed by atoms with Gasteiger partial charge in [0.2, 0.25) is 0 Å². The third-order valence-electron chi connectivity index (χ3n) is 2.49. The molecule has 0 aromatic carbocycles. The van der Waals surface area contributed by atoms with Crippen molar-refractivity contribution in [1.82, 2.24) is 30.4 Å². The van der Waals surface area contributed by atoms with E-state index < -0.39 is 0 Å². The zero-order valence-electron chi connectivity index (χ0n) is 8.81. The molecule has 0 aliphatic rings. The molecule has 0 bridgehead atoms. The van der Waals surface area contributed by atoms with Crippen LogP contribution in [-0.2, 0) is 0 Å². The average molecular weight is 272 g/mol. The Morgan fingerprint density at radius 2 is 1.78 bits per heavy atom. The average Bonchev–Trinajstić information content (AvgIpc) is 3.05. The minimum atomic E-state index is 0.677. The molecule has 0 amide bonds. The van der Waals surface area contributed by atoms with Crippen LogP contribution in [0.2, 0.25) is 0 Å². The molecule has 0 unspecified atom stereocenters. The fourth-order valence-electron chi connectivity index (χ4n) is 1.67. The SMILES string of the molecule is c1nc2cc(-c3nncc4ncsc34)nnc2s1. The summed E-state index contributed by atoms with van der Waals surface area (Å²) in [5.74, 6) is 0. The molecule has 0 saturated carbocycles. The molecular formula is C10H4N6S2. The third kappa shape index (κ3) is 1.39. The van der Waals surface area contributed by atoms with E-state index in [2.05, 4.69) is 30.4 Å². The standard InChI is InChI=1S/C10H4N6S2/c1-5(14-16-10-6(1)11-4-18-10)8-9-7(2-13-15-8)12-3-17-9/h1-4H. The van der Waals surface area contributed by atoms with Crippen molar-refractivity contribution in [3.8, 4) is 11.4 Å². The smallest absolute Gasteiger partial charge is 0.166 e. The summed E-state index contributed by atoms with van der Waals surface area (Å²) in [6.45, 7) is 0.